The van der Waals surface area contributed by atoms with Crippen LogP contribution in [0, 0.1) is 5.92 Å². The lowest BCUT2D eigenvalue weighted by molar-refractivity contribution is -0.127. The maximum atomic E-state index is 14.2. The smallest absolute Gasteiger partial charge is 0.407 e. The molecule has 0 radical (unpaired) electrons. The molecule has 0 bridgehead atoms. The zero-order chi connectivity index (χ0) is 38.6. The van der Waals surface area contributed by atoms with Gasteiger partial charge in [-0.15, -0.1) is 0 Å². The van der Waals surface area contributed by atoms with Crippen LogP contribution in [0.5, 0.6) is 5.75 Å². The van der Waals surface area contributed by atoms with Crippen molar-refractivity contribution in [1.82, 2.24) is 15.5 Å². The number of ether oxygens (including phenoxy) is 6. The molecule has 0 spiro atoms. The first kappa shape index (κ1) is 40.6. The molecule has 2 fully saturated rings. The number of hydrogen-bond acceptors (Lipinski definition) is 11. The molecule has 13 heteroatoms. The van der Waals surface area contributed by atoms with Crippen LogP contribution in [0.2, 0.25) is 0 Å². The summed E-state index contributed by atoms with van der Waals surface area (Å²) >= 11 is 0. The van der Waals surface area contributed by atoms with Crippen molar-refractivity contribution in [1.29, 1.82) is 0 Å². The van der Waals surface area contributed by atoms with E-state index in [1.165, 1.54) is 7.11 Å². The fraction of sp³-hybridized carbons (Fsp3) is 0.524. The summed E-state index contributed by atoms with van der Waals surface area (Å²) in [6.45, 7) is 5.03. The number of carbonyl (C=O) groups is 2. The van der Waals surface area contributed by atoms with Crippen LogP contribution in [0.3, 0.4) is 0 Å². The Morgan fingerprint density at radius 1 is 0.945 bits per heavy atom. The van der Waals surface area contributed by atoms with E-state index >= 15 is 0 Å². The standard InChI is InChI=1S/C42H55N3O10/c1-50-26-37-40(51-2)38(27-54-37)55-42(49)43-34(23-28-8-4-3-5-9-28)35(46)25-31(41(48)44-39-33-11-7-6-10-30(33)24-36(39)47)22-29-12-14-32(15-13-29)53-21-18-45-16-19-52-20-17-45/h3-15,31,34-40,46-47H,16-27H2,1-2H3,(H,43,49)(H,44,48)/t31-,34+,35+,36-,37+,38-,39+,40+/m1/s1. The zero-order valence-electron chi connectivity index (χ0n) is 31.7. The summed E-state index contributed by atoms with van der Waals surface area (Å²) in [5, 5.41) is 28.9. The third-order valence-corrected chi connectivity index (χ3v) is 10.7. The SMILES string of the molecule is COC[C@@H]1OC[C@@H](OC(=O)N[C@@H](Cc2ccccc2)[C@@H](O)C[C@@H](Cc2ccc(OCCN3CCOCC3)cc2)C(=O)N[C@H]2c3ccccc3C[C@H]2O)[C@H]1OC. The van der Waals surface area contributed by atoms with Crippen LogP contribution in [0.15, 0.2) is 78.9 Å². The number of benzene rings is 3. The molecule has 4 N–H and O–H groups in total. The number of nitrogens with one attached hydrogen (secondary N) is 2. The second-order valence-corrected chi connectivity index (χ2v) is 14.5. The average molecular weight is 762 g/mol. The van der Waals surface area contributed by atoms with E-state index in [2.05, 4.69) is 15.5 Å². The van der Waals surface area contributed by atoms with Crippen LogP contribution < -0.4 is 15.4 Å². The van der Waals surface area contributed by atoms with Crippen molar-refractivity contribution >= 4 is 12.0 Å². The molecule has 8 atom stereocenters. The molecule has 298 valence electrons. The molecular weight excluding hydrogens is 706 g/mol. The number of aliphatic hydroxyl groups excluding tert-OH is 2. The summed E-state index contributed by atoms with van der Waals surface area (Å²) in [7, 11) is 3.09. The second-order valence-electron chi connectivity index (χ2n) is 14.5. The molecule has 0 unspecified atom stereocenters. The fourth-order valence-electron chi connectivity index (χ4n) is 7.72. The highest BCUT2D eigenvalue weighted by atomic mass is 16.6. The molecule has 6 rings (SSSR count). The molecule has 0 aromatic heterocycles. The molecule has 3 aromatic carbocycles. The van der Waals surface area contributed by atoms with Crippen molar-refractivity contribution in [2.45, 2.75) is 68.3 Å². The molecule has 2 heterocycles. The number of nitrogens with zero attached hydrogens (tertiary/aromatic N) is 1. The molecule has 2 amide bonds. The van der Waals surface area contributed by atoms with Gasteiger partial charge in [0.25, 0.3) is 0 Å². The van der Waals surface area contributed by atoms with Gasteiger partial charge in [-0.25, -0.2) is 4.79 Å². The van der Waals surface area contributed by atoms with Gasteiger partial charge in [-0.3, -0.25) is 9.69 Å². The summed E-state index contributed by atoms with van der Waals surface area (Å²) in [5.41, 5.74) is 3.64. The Kier molecular flexibility index (Phi) is 14.9. The van der Waals surface area contributed by atoms with Crippen LogP contribution >= 0.6 is 0 Å². The van der Waals surface area contributed by atoms with Gasteiger partial charge in [0.15, 0.2) is 6.10 Å². The van der Waals surface area contributed by atoms with Gasteiger partial charge in [0, 0.05) is 46.2 Å². The van der Waals surface area contributed by atoms with Gasteiger partial charge in [0.05, 0.1) is 50.7 Å². The number of aliphatic hydroxyl groups is 2. The van der Waals surface area contributed by atoms with E-state index in [1.807, 2.05) is 78.9 Å². The Morgan fingerprint density at radius 2 is 1.67 bits per heavy atom. The van der Waals surface area contributed by atoms with Crippen LogP contribution in [0.1, 0.15) is 34.7 Å². The van der Waals surface area contributed by atoms with Crippen molar-refractivity contribution in [3.05, 3.63) is 101 Å². The number of hydrogen-bond donors (Lipinski definition) is 4. The molecule has 0 saturated carbocycles. The van der Waals surface area contributed by atoms with E-state index in [9.17, 15) is 19.8 Å². The predicted octanol–water partition coefficient (Wildman–Crippen LogP) is 2.85. The number of morpholine rings is 1. The first-order valence-electron chi connectivity index (χ1n) is 19.2. The average Bonchev–Trinajstić information content (AvgIpc) is 3.73. The molecule has 2 saturated heterocycles. The molecule has 3 aromatic rings. The van der Waals surface area contributed by atoms with Gasteiger partial charge in [0.1, 0.15) is 24.6 Å². The zero-order valence-corrected chi connectivity index (χ0v) is 31.7. The van der Waals surface area contributed by atoms with E-state index in [1.54, 1.807) is 7.11 Å². The number of amides is 2. The highest BCUT2D eigenvalue weighted by Crippen LogP contribution is 2.32. The first-order chi connectivity index (χ1) is 26.8. The normalized spacial score (nSPS) is 24.0. The van der Waals surface area contributed by atoms with Gasteiger partial charge >= 0.3 is 6.09 Å². The van der Waals surface area contributed by atoms with Crippen molar-refractivity contribution in [3.63, 3.8) is 0 Å². The minimum atomic E-state index is -1.15. The maximum absolute atomic E-state index is 14.2. The largest absolute Gasteiger partial charge is 0.492 e. The van der Waals surface area contributed by atoms with Crippen LogP contribution in [0.25, 0.3) is 0 Å². The van der Waals surface area contributed by atoms with Gasteiger partial charge in [-0.2, -0.15) is 0 Å². The molecule has 3 aliphatic rings. The number of rotatable bonds is 18. The number of fused-ring (bicyclic) bond motifs is 1. The quantitative estimate of drug-likeness (QED) is 0.151. The van der Waals surface area contributed by atoms with Crippen molar-refractivity contribution in [2.24, 2.45) is 5.92 Å². The maximum Gasteiger partial charge on any atom is 0.407 e. The highest BCUT2D eigenvalue weighted by Gasteiger charge is 2.41. The third kappa shape index (κ3) is 11.3. The Hall–Kier alpha value is -4.08. The fourth-order valence-corrected chi connectivity index (χ4v) is 7.72. The van der Waals surface area contributed by atoms with Gasteiger partial charge in [-0.05, 0) is 53.6 Å². The number of alkyl carbamates (subject to hydrolysis) is 1. The second kappa shape index (κ2) is 20.2. The van der Waals surface area contributed by atoms with Crippen molar-refractivity contribution in [3.8, 4) is 5.75 Å². The van der Waals surface area contributed by atoms with Crippen LogP contribution in [-0.4, -0.2) is 131 Å². The molecular formula is C42H55N3O10. The first-order valence-corrected chi connectivity index (χ1v) is 19.2. The van der Waals surface area contributed by atoms with E-state index < -0.39 is 48.5 Å². The number of carbonyl (C=O) groups excluding carboxylic acids is 2. The van der Waals surface area contributed by atoms with E-state index in [0.717, 1.165) is 60.9 Å². The Balaban J connectivity index is 1.16. The minimum Gasteiger partial charge on any atom is -0.492 e. The van der Waals surface area contributed by atoms with E-state index in [4.69, 9.17) is 28.4 Å². The molecule has 13 nitrogen and oxygen atoms in total. The number of methoxy groups -OCH3 is 2. The predicted molar refractivity (Wildman–Crippen MR) is 204 cm³/mol. The van der Waals surface area contributed by atoms with Crippen molar-refractivity contribution < 1.29 is 48.2 Å². The van der Waals surface area contributed by atoms with Crippen LogP contribution in [0.4, 0.5) is 4.79 Å². The lowest BCUT2D eigenvalue weighted by Crippen LogP contribution is -2.49. The topological polar surface area (TPSA) is 157 Å². The lowest BCUT2D eigenvalue weighted by atomic mass is 9.88. The van der Waals surface area contributed by atoms with E-state index in [0.29, 0.717) is 19.4 Å². The molecule has 2 aliphatic heterocycles. The molecule has 55 heavy (non-hydrogen) atoms. The Bertz CT molecular complexity index is 1640. The summed E-state index contributed by atoms with van der Waals surface area (Å²) in [5.74, 6) is -0.289. The summed E-state index contributed by atoms with van der Waals surface area (Å²) < 4.78 is 33.8. The minimum absolute atomic E-state index is 0.0228. The Morgan fingerprint density at radius 3 is 2.42 bits per heavy atom. The van der Waals surface area contributed by atoms with Crippen molar-refractivity contribution in [2.75, 3.05) is 66.9 Å². The highest BCUT2D eigenvalue weighted by molar-refractivity contribution is 5.80. The summed E-state index contributed by atoms with van der Waals surface area (Å²) in [6.07, 6.45) is -3.18. The summed E-state index contributed by atoms with van der Waals surface area (Å²) in [6, 6.07) is 23.5. The van der Waals surface area contributed by atoms with E-state index in [-0.39, 0.29) is 38.1 Å². The lowest BCUT2D eigenvalue weighted by Gasteiger charge is -2.29. The third-order valence-electron chi connectivity index (χ3n) is 10.7. The molecule has 1 aliphatic carbocycles. The monoisotopic (exact) mass is 761 g/mol. The van der Waals surface area contributed by atoms with Gasteiger partial charge in [-0.1, -0.05) is 66.7 Å². The Labute approximate surface area is 323 Å². The van der Waals surface area contributed by atoms with Gasteiger partial charge in [0.2, 0.25) is 5.91 Å². The van der Waals surface area contributed by atoms with Crippen LogP contribution in [-0.2, 0) is 47.7 Å². The van der Waals surface area contributed by atoms with Gasteiger partial charge < -0.3 is 49.3 Å². The summed E-state index contributed by atoms with van der Waals surface area (Å²) in [4.78, 5) is 29.9.